The molecule has 1 aliphatic rings. The average molecular weight is 262 g/mol. The minimum absolute atomic E-state index is 0.391. The minimum Gasteiger partial charge on any atom is -0.387 e. The van der Waals surface area contributed by atoms with Crippen molar-refractivity contribution < 1.29 is 5.11 Å². The van der Waals surface area contributed by atoms with Crippen LogP contribution < -0.4 is 0 Å². The Morgan fingerprint density at radius 2 is 2.05 bits per heavy atom. The molecular formula is C16H26N2O. The van der Waals surface area contributed by atoms with E-state index in [1.807, 2.05) is 12.1 Å². The summed E-state index contributed by atoms with van der Waals surface area (Å²) >= 11 is 0. The van der Waals surface area contributed by atoms with Gasteiger partial charge in [0.1, 0.15) is 0 Å². The molecule has 3 heteroatoms. The van der Waals surface area contributed by atoms with Crippen molar-refractivity contribution in [3.05, 3.63) is 35.4 Å². The molecule has 1 aromatic rings. The van der Waals surface area contributed by atoms with Crippen LogP contribution in [0, 0.1) is 6.92 Å². The van der Waals surface area contributed by atoms with Gasteiger partial charge in [0, 0.05) is 19.1 Å². The van der Waals surface area contributed by atoms with Gasteiger partial charge in [-0.15, -0.1) is 0 Å². The predicted molar refractivity (Wildman–Crippen MR) is 79.3 cm³/mol. The third-order valence-electron chi connectivity index (χ3n) is 4.15. The van der Waals surface area contributed by atoms with Crippen LogP contribution in [-0.4, -0.2) is 54.7 Å². The summed E-state index contributed by atoms with van der Waals surface area (Å²) in [4.78, 5) is 4.68. The standard InChI is InChI=1S/C16H26N2O/c1-13-6-8-14(9-7-13)16(19)12-18(3)15-5-4-10-17(2)11-15/h6-9,15-16,19H,4-5,10-12H2,1-3H3. The van der Waals surface area contributed by atoms with Crippen molar-refractivity contribution in [1.82, 2.24) is 9.80 Å². The number of piperidine rings is 1. The van der Waals surface area contributed by atoms with Gasteiger partial charge in [0.05, 0.1) is 6.10 Å². The van der Waals surface area contributed by atoms with Crippen LogP contribution in [0.3, 0.4) is 0 Å². The molecule has 1 fully saturated rings. The first-order valence-electron chi connectivity index (χ1n) is 7.19. The molecular weight excluding hydrogens is 236 g/mol. The van der Waals surface area contributed by atoms with Crippen LogP contribution >= 0.6 is 0 Å². The molecule has 0 aliphatic carbocycles. The Bertz CT molecular complexity index is 390. The molecule has 1 N–H and O–H groups in total. The monoisotopic (exact) mass is 262 g/mol. The molecule has 1 heterocycles. The Hall–Kier alpha value is -0.900. The maximum absolute atomic E-state index is 10.3. The van der Waals surface area contributed by atoms with Crippen molar-refractivity contribution in [1.29, 1.82) is 0 Å². The summed E-state index contributed by atoms with van der Waals surface area (Å²) in [5, 5.41) is 10.3. The number of hydrogen-bond acceptors (Lipinski definition) is 3. The summed E-state index contributed by atoms with van der Waals surface area (Å²) in [5.41, 5.74) is 2.25. The van der Waals surface area contributed by atoms with Crippen LogP contribution in [0.1, 0.15) is 30.1 Å². The van der Waals surface area contributed by atoms with Gasteiger partial charge in [-0.2, -0.15) is 0 Å². The number of hydrogen-bond donors (Lipinski definition) is 1. The Morgan fingerprint density at radius 1 is 1.37 bits per heavy atom. The SMILES string of the molecule is Cc1ccc(C(O)CN(C)C2CCCN(C)C2)cc1. The van der Waals surface area contributed by atoms with Crippen LogP contribution in [0.5, 0.6) is 0 Å². The molecule has 2 atom stereocenters. The third-order valence-corrected chi connectivity index (χ3v) is 4.15. The fourth-order valence-electron chi connectivity index (χ4n) is 2.81. The number of aliphatic hydroxyl groups is 1. The number of benzene rings is 1. The van der Waals surface area contributed by atoms with Gasteiger partial charge in [0.25, 0.3) is 0 Å². The lowest BCUT2D eigenvalue weighted by Crippen LogP contribution is -2.46. The van der Waals surface area contributed by atoms with Crippen molar-refractivity contribution in [2.45, 2.75) is 31.9 Å². The van der Waals surface area contributed by atoms with Gasteiger partial charge in [-0.3, -0.25) is 4.90 Å². The molecule has 106 valence electrons. The second-order valence-corrected chi connectivity index (χ2v) is 5.92. The highest BCUT2D eigenvalue weighted by atomic mass is 16.3. The van der Waals surface area contributed by atoms with Gasteiger partial charge in [0.2, 0.25) is 0 Å². The smallest absolute Gasteiger partial charge is 0.0916 e. The summed E-state index contributed by atoms with van der Waals surface area (Å²) in [7, 11) is 4.30. The topological polar surface area (TPSA) is 26.7 Å². The van der Waals surface area contributed by atoms with Gasteiger partial charge in [-0.05, 0) is 46.0 Å². The third kappa shape index (κ3) is 4.03. The zero-order chi connectivity index (χ0) is 13.8. The molecule has 19 heavy (non-hydrogen) atoms. The Morgan fingerprint density at radius 3 is 2.68 bits per heavy atom. The highest BCUT2D eigenvalue weighted by Crippen LogP contribution is 2.19. The van der Waals surface area contributed by atoms with Crippen LogP contribution in [0.15, 0.2) is 24.3 Å². The number of aliphatic hydroxyl groups excluding tert-OH is 1. The van der Waals surface area contributed by atoms with E-state index < -0.39 is 6.10 Å². The first-order chi connectivity index (χ1) is 9.06. The summed E-state index contributed by atoms with van der Waals surface area (Å²) in [6.45, 7) is 5.09. The molecule has 1 aliphatic heterocycles. The maximum Gasteiger partial charge on any atom is 0.0916 e. The number of aryl methyl sites for hydroxylation is 1. The molecule has 0 saturated carbocycles. The molecule has 1 saturated heterocycles. The quantitative estimate of drug-likeness (QED) is 0.899. The number of likely N-dealkylation sites (N-methyl/N-ethyl adjacent to an activating group) is 2. The van der Waals surface area contributed by atoms with E-state index in [1.54, 1.807) is 0 Å². The molecule has 2 rings (SSSR count). The van der Waals surface area contributed by atoms with Crippen LogP contribution in [0.2, 0.25) is 0 Å². The number of rotatable bonds is 4. The zero-order valence-electron chi connectivity index (χ0n) is 12.3. The summed E-state index contributed by atoms with van der Waals surface area (Å²) < 4.78 is 0. The van der Waals surface area contributed by atoms with Gasteiger partial charge in [0.15, 0.2) is 0 Å². The predicted octanol–water partition coefficient (Wildman–Crippen LogP) is 2.05. The van der Waals surface area contributed by atoms with Crippen molar-refractivity contribution in [3.63, 3.8) is 0 Å². The second kappa shape index (κ2) is 6.51. The zero-order valence-corrected chi connectivity index (χ0v) is 12.3. The normalized spacial score (nSPS) is 22.7. The van der Waals surface area contributed by atoms with Gasteiger partial charge >= 0.3 is 0 Å². The molecule has 2 unspecified atom stereocenters. The van der Waals surface area contributed by atoms with Crippen molar-refractivity contribution in [3.8, 4) is 0 Å². The summed E-state index contributed by atoms with van der Waals surface area (Å²) in [6.07, 6.45) is 2.10. The molecule has 1 aromatic carbocycles. The molecule has 0 amide bonds. The van der Waals surface area contributed by atoms with Gasteiger partial charge < -0.3 is 10.0 Å². The number of nitrogens with zero attached hydrogens (tertiary/aromatic N) is 2. The maximum atomic E-state index is 10.3. The minimum atomic E-state index is -0.391. The Balaban J connectivity index is 1.90. The molecule has 0 spiro atoms. The molecule has 0 radical (unpaired) electrons. The summed E-state index contributed by atoms with van der Waals surface area (Å²) in [6, 6.07) is 8.75. The number of likely N-dealkylation sites (tertiary alicyclic amines) is 1. The van der Waals surface area contributed by atoms with Crippen molar-refractivity contribution in [2.24, 2.45) is 0 Å². The molecule has 0 bridgehead atoms. The van der Waals surface area contributed by atoms with E-state index in [0.717, 1.165) is 12.1 Å². The van der Waals surface area contributed by atoms with Crippen LogP contribution in [0.4, 0.5) is 0 Å². The van der Waals surface area contributed by atoms with E-state index in [0.29, 0.717) is 12.6 Å². The lowest BCUT2D eigenvalue weighted by Gasteiger charge is -2.36. The Kier molecular flexibility index (Phi) is 4.97. The van der Waals surface area contributed by atoms with E-state index in [1.165, 1.54) is 24.9 Å². The average Bonchev–Trinajstić information content (AvgIpc) is 2.39. The first kappa shape index (κ1) is 14.5. The van der Waals surface area contributed by atoms with Gasteiger partial charge in [-0.1, -0.05) is 29.8 Å². The largest absolute Gasteiger partial charge is 0.387 e. The van der Waals surface area contributed by atoms with Crippen LogP contribution in [0.25, 0.3) is 0 Å². The van der Waals surface area contributed by atoms with Gasteiger partial charge in [-0.25, -0.2) is 0 Å². The van der Waals surface area contributed by atoms with E-state index in [-0.39, 0.29) is 0 Å². The molecule has 3 nitrogen and oxygen atoms in total. The first-order valence-corrected chi connectivity index (χ1v) is 7.19. The highest BCUT2D eigenvalue weighted by molar-refractivity contribution is 5.23. The lowest BCUT2D eigenvalue weighted by atomic mass is 10.0. The highest BCUT2D eigenvalue weighted by Gasteiger charge is 2.22. The second-order valence-electron chi connectivity index (χ2n) is 5.92. The fourth-order valence-corrected chi connectivity index (χ4v) is 2.81. The Labute approximate surface area is 116 Å². The van der Waals surface area contributed by atoms with E-state index in [9.17, 15) is 5.11 Å². The van der Waals surface area contributed by atoms with Crippen LogP contribution in [-0.2, 0) is 0 Å². The van der Waals surface area contributed by atoms with E-state index >= 15 is 0 Å². The van der Waals surface area contributed by atoms with E-state index in [2.05, 4.69) is 43.0 Å². The fraction of sp³-hybridized carbons (Fsp3) is 0.625. The lowest BCUT2D eigenvalue weighted by molar-refractivity contribution is 0.0742. The van der Waals surface area contributed by atoms with Crippen molar-refractivity contribution in [2.75, 3.05) is 33.7 Å². The van der Waals surface area contributed by atoms with Crippen molar-refractivity contribution >= 4 is 0 Å². The van der Waals surface area contributed by atoms with E-state index in [4.69, 9.17) is 0 Å². The molecule has 0 aromatic heterocycles. The summed E-state index contributed by atoms with van der Waals surface area (Å²) in [5.74, 6) is 0.